The highest BCUT2D eigenvalue weighted by Crippen LogP contribution is 2.28. The van der Waals surface area contributed by atoms with Gasteiger partial charge in [-0.15, -0.1) is 0 Å². The van der Waals surface area contributed by atoms with Gasteiger partial charge in [-0.3, -0.25) is 4.79 Å². The van der Waals surface area contributed by atoms with Crippen molar-refractivity contribution >= 4 is 5.91 Å². The van der Waals surface area contributed by atoms with Crippen molar-refractivity contribution in [1.29, 1.82) is 0 Å². The second kappa shape index (κ2) is 13.5. The fourth-order valence-corrected chi connectivity index (χ4v) is 3.96. The minimum atomic E-state index is -0.757. The zero-order valence-corrected chi connectivity index (χ0v) is 20.7. The zero-order valence-electron chi connectivity index (χ0n) is 20.7. The summed E-state index contributed by atoms with van der Waals surface area (Å²) in [4.78, 5) is 12.6. The summed E-state index contributed by atoms with van der Waals surface area (Å²) in [6.45, 7) is 0.997. The van der Waals surface area contributed by atoms with Gasteiger partial charge in [0.1, 0.15) is 17.2 Å². The van der Waals surface area contributed by atoms with Crippen molar-refractivity contribution in [3.05, 3.63) is 88.5 Å². The largest absolute Gasteiger partial charge is 0.508 e. The van der Waals surface area contributed by atoms with E-state index in [2.05, 4.69) is 10.6 Å². The number of aromatic hydroxyl groups is 1. The number of benzene rings is 3. The Morgan fingerprint density at radius 3 is 2.36 bits per heavy atom. The summed E-state index contributed by atoms with van der Waals surface area (Å²) in [5.74, 6) is 1.23. The van der Waals surface area contributed by atoms with Crippen molar-refractivity contribution in [2.75, 3.05) is 27.3 Å². The molecule has 0 bridgehead atoms. The summed E-state index contributed by atoms with van der Waals surface area (Å²) in [5.41, 5.74) is 3.80. The van der Waals surface area contributed by atoms with Crippen molar-refractivity contribution in [3.8, 4) is 17.2 Å². The summed E-state index contributed by atoms with van der Waals surface area (Å²) in [5, 5.41) is 35.5. The van der Waals surface area contributed by atoms with Gasteiger partial charge in [-0.2, -0.15) is 0 Å². The third-order valence-corrected chi connectivity index (χ3v) is 5.94. The van der Waals surface area contributed by atoms with Gasteiger partial charge in [-0.05, 0) is 53.9 Å². The van der Waals surface area contributed by atoms with Crippen LogP contribution in [0.1, 0.15) is 33.9 Å². The quantitative estimate of drug-likeness (QED) is 0.232. The average molecular weight is 495 g/mol. The lowest BCUT2D eigenvalue weighted by Gasteiger charge is -2.14. The molecule has 0 aromatic heterocycles. The molecule has 0 aliphatic rings. The van der Waals surface area contributed by atoms with Crippen LogP contribution in [0.25, 0.3) is 0 Å². The molecule has 3 rings (SSSR count). The van der Waals surface area contributed by atoms with Gasteiger partial charge >= 0.3 is 0 Å². The number of nitrogens with one attached hydrogen (secondary N) is 2. The van der Waals surface area contributed by atoms with Crippen LogP contribution in [0.2, 0.25) is 0 Å². The van der Waals surface area contributed by atoms with E-state index in [1.807, 2.05) is 42.5 Å². The molecule has 0 spiro atoms. The maximum atomic E-state index is 12.6. The first kappa shape index (κ1) is 27.0. The number of methoxy groups -OCH3 is 2. The number of phenols is 1. The van der Waals surface area contributed by atoms with Gasteiger partial charge in [0.2, 0.25) is 5.91 Å². The van der Waals surface area contributed by atoms with Crippen molar-refractivity contribution in [3.63, 3.8) is 0 Å². The van der Waals surface area contributed by atoms with Crippen molar-refractivity contribution in [2.45, 2.75) is 32.1 Å². The van der Waals surface area contributed by atoms with Crippen LogP contribution in [0.3, 0.4) is 0 Å². The summed E-state index contributed by atoms with van der Waals surface area (Å²) in [7, 11) is 3.17. The van der Waals surface area contributed by atoms with Crippen LogP contribution in [0.15, 0.2) is 60.7 Å². The van der Waals surface area contributed by atoms with Crippen LogP contribution >= 0.6 is 0 Å². The third kappa shape index (κ3) is 7.45. The minimum absolute atomic E-state index is 0.00879. The van der Waals surface area contributed by atoms with Crippen LogP contribution in [0.4, 0.5) is 0 Å². The summed E-state index contributed by atoms with van der Waals surface area (Å²) in [6, 6.07) is 18.1. The monoisotopic (exact) mass is 494 g/mol. The highest BCUT2D eigenvalue weighted by Gasteiger charge is 2.12. The van der Waals surface area contributed by atoms with Gasteiger partial charge in [0.15, 0.2) is 0 Å². The van der Waals surface area contributed by atoms with E-state index in [4.69, 9.17) is 9.47 Å². The molecule has 0 unspecified atom stereocenters. The van der Waals surface area contributed by atoms with E-state index in [9.17, 15) is 20.1 Å². The number of aliphatic hydroxyl groups excluding tert-OH is 2. The number of hydrogen-bond acceptors (Lipinski definition) is 7. The van der Waals surface area contributed by atoms with Gasteiger partial charge in [0, 0.05) is 12.1 Å². The molecule has 0 radical (unpaired) electrons. The first-order valence-corrected chi connectivity index (χ1v) is 11.8. The molecule has 0 heterocycles. The molecule has 0 aliphatic heterocycles. The Kier molecular flexibility index (Phi) is 10.1. The van der Waals surface area contributed by atoms with E-state index in [0.29, 0.717) is 42.3 Å². The fraction of sp³-hybridized carbons (Fsp3) is 0.321. The van der Waals surface area contributed by atoms with Crippen molar-refractivity contribution in [1.82, 2.24) is 10.6 Å². The molecule has 1 amide bonds. The molecule has 3 aromatic rings. The Morgan fingerprint density at radius 2 is 1.67 bits per heavy atom. The molecule has 8 heteroatoms. The molecule has 192 valence electrons. The molecule has 3 aromatic carbocycles. The number of ether oxygens (including phenoxy) is 2. The molecule has 36 heavy (non-hydrogen) atoms. The standard InChI is InChI=1S/C28H34N2O6/c1-35-26-7-4-8-27(36-2)23(26)16-30-28(34)14-20-6-3-5-19(13-20)11-12-29-17-25(33)21-9-10-24(32)22(15-21)18-31/h3-10,13,15,25,29,31-33H,11-12,14,16-18H2,1-2H3,(H,30,34)/t25-/m1/s1. The maximum Gasteiger partial charge on any atom is 0.224 e. The van der Waals surface area contributed by atoms with E-state index >= 15 is 0 Å². The summed E-state index contributed by atoms with van der Waals surface area (Å²) in [6.07, 6.45) is 0.233. The van der Waals surface area contributed by atoms with Crippen LogP contribution in [0.5, 0.6) is 17.2 Å². The summed E-state index contributed by atoms with van der Waals surface area (Å²) >= 11 is 0. The first-order valence-electron chi connectivity index (χ1n) is 11.8. The number of carbonyl (C=O) groups excluding carboxylic acids is 1. The second-order valence-corrected chi connectivity index (χ2v) is 8.43. The van der Waals surface area contributed by atoms with Crippen LogP contribution in [-0.4, -0.2) is 48.5 Å². The lowest BCUT2D eigenvalue weighted by Crippen LogP contribution is -2.25. The second-order valence-electron chi connectivity index (χ2n) is 8.43. The summed E-state index contributed by atoms with van der Waals surface area (Å²) < 4.78 is 10.8. The molecule has 0 saturated heterocycles. The Morgan fingerprint density at radius 1 is 0.972 bits per heavy atom. The lowest BCUT2D eigenvalue weighted by molar-refractivity contribution is -0.120. The highest BCUT2D eigenvalue weighted by atomic mass is 16.5. The van der Waals surface area contributed by atoms with Gasteiger partial charge in [-0.1, -0.05) is 36.4 Å². The number of rotatable bonds is 13. The Hall–Kier alpha value is -3.59. The number of carbonyl (C=O) groups is 1. The smallest absolute Gasteiger partial charge is 0.224 e. The minimum Gasteiger partial charge on any atom is -0.508 e. The number of aliphatic hydroxyl groups is 2. The van der Waals surface area contributed by atoms with Crippen LogP contribution in [0, 0.1) is 0 Å². The Balaban J connectivity index is 1.47. The van der Waals surface area contributed by atoms with Crippen LogP contribution < -0.4 is 20.1 Å². The van der Waals surface area contributed by atoms with Gasteiger partial charge in [0.05, 0.1) is 45.5 Å². The van der Waals surface area contributed by atoms with Crippen molar-refractivity contribution in [2.24, 2.45) is 0 Å². The normalized spacial score (nSPS) is 11.7. The molecule has 1 atom stereocenters. The third-order valence-electron chi connectivity index (χ3n) is 5.94. The highest BCUT2D eigenvalue weighted by molar-refractivity contribution is 5.78. The molecule has 8 nitrogen and oxygen atoms in total. The first-order chi connectivity index (χ1) is 17.4. The van der Waals surface area contributed by atoms with E-state index < -0.39 is 6.10 Å². The van der Waals surface area contributed by atoms with E-state index in [0.717, 1.165) is 23.1 Å². The van der Waals surface area contributed by atoms with E-state index in [1.54, 1.807) is 26.4 Å². The molecule has 0 saturated carbocycles. The Bertz CT molecular complexity index is 1130. The molecular weight excluding hydrogens is 460 g/mol. The van der Waals surface area contributed by atoms with Gasteiger partial charge in [-0.25, -0.2) is 0 Å². The Labute approximate surface area is 211 Å². The van der Waals surface area contributed by atoms with Gasteiger partial charge in [0.25, 0.3) is 0 Å². The molecule has 0 aliphatic carbocycles. The van der Waals surface area contributed by atoms with E-state index in [1.165, 1.54) is 6.07 Å². The average Bonchev–Trinajstić information content (AvgIpc) is 2.90. The van der Waals surface area contributed by atoms with Gasteiger partial charge < -0.3 is 35.4 Å². The molecule has 0 fully saturated rings. The topological polar surface area (TPSA) is 120 Å². The number of amides is 1. The predicted octanol–water partition coefficient (Wildman–Crippen LogP) is 2.63. The van der Waals surface area contributed by atoms with Crippen molar-refractivity contribution < 1.29 is 29.6 Å². The fourth-order valence-electron chi connectivity index (χ4n) is 3.96. The number of hydrogen-bond donors (Lipinski definition) is 5. The van der Waals surface area contributed by atoms with Crippen LogP contribution in [-0.2, 0) is 30.8 Å². The van der Waals surface area contributed by atoms with E-state index in [-0.39, 0.29) is 24.7 Å². The SMILES string of the molecule is COc1cccc(OC)c1CNC(=O)Cc1cccc(CCNC[C@@H](O)c2ccc(O)c(CO)c2)c1. The molecule has 5 N–H and O–H groups in total. The zero-order chi connectivity index (χ0) is 25.9. The lowest BCUT2D eigenvalue weighted by atomic mass is 10.0. The molecular formula is C28H34N2O6. The predicted molar refractivity (Wildman–Crippen MR) is 137 cm³/mol. The maximum absolute atomic E-state index is 12.6.